The lowest BCUT2D eigenvalue weighted by Crippen LogP contribution is -2.37. The molecule has 1 N–H and O–H groups in total. The van der Waals surface area contributed by atoms with Gasteiger partial charge in [-0.2, -0.15) is 0 Å². The van der Waals surface area contributed by atoms with Crippen LogP contribution >= 0.6 is 11.3 Å². The van der Waals surface area contributed by atoms with Gasteiger partial charge in [0.05, 0.1) is 17.2 Å². The molecule has 4 rings (SSSR count). The first kappa shape index (κ1) is 21.9. The van der Waals surface area contributed by atoms with Crippen molar-refractivity contribution in [3.8, 4) is 0 Å². The third-order valence-electron chi connectivity index (χ3n) is 6.20. The zero-order valence-corrected chi connectivity index (χ0v) is 19.0. The van der Waals surface area contributed by atoms with E-state index in [0.717, 1.165) is 46.8 Å². The Morgan fingerprint density at radius 1 is 1.19 bits per heavy atom. The molecule has 1 atom stereocenters. The van der Waals surface area contributed by atoms with Gasteiger partial charge in [0.25, 0.3) is 5.91 Å². The summed E-state index contributed by atoms with van der Waals surface area (Å²) in [7, 11) is 1.77. The number of likely N-dealkylation sites (N-methyl/N-ethyl adjacent to an activating group) is 1. The maximum atomic E-state index is 13.2. The van der Waals surface area contributed by atoms with Crippen molar-refractivity contribution in [3.05, 3.63) is 64.8 Å². The monoisotopic (exact) mass is 437 g/mol. The minimum absolute atomic E-state index is 0.00940. The summed E-state index contributed by atoms with van der Waals surface area (Å²) in [6.45, 7) is 2.24. The Labute approximate surface area is 188 Å². The number of aliphatic hydroxyl groups excluding tert-OH is 1. The van der Waals surface area contributed by atoms with Gasteiger partial charge in [-0.3, -0.25) is 14.7 Å². The lowest BCUT2D eigenvalue weighted by molar-refractivity contribution is 0.0770. The number of thiophene rings is 1. The highest BCUT2D eigenvalue weighted by atomic mass is 32.1. The summed E-state index contributed by atoms with van der Waals surface area (Å²) < 4.78 is 1.16. The number of pyridine rings is 1. The zero-order chi connectivity index (χ0) is 21.6. The van der Waals surface area contributed by atoms with Crippen molar-refractivity contribution in [2.75, 3.05) is 26.7 Å². The van der Waals surface area contributed by atoms with Crippen LogP contribution in [-0.4, -0.2) is 58.6 Å². The molecule has 2 aromatic heterocycles. The average Bonchev–Trinajstić information content (AvgIpc) is 3.01. The van der Waals surface area contributed by atoms with Crippen molar-refractivity contribution in [2.24, 2.45) is 0 Å². The van der Waals surface area contributed by atoms with Gasteiger partial charge in [0.2, 0.25) is 0 Å². The highest BCUT2D eigenvalue weighted by molar-refractivity contribution is 7.21. The lowest BCUT2D eigenvalue weighted by Gasteiger charge is -2.30. The van der Waals surface area contributed by atoms with Crippen LogP contribution in [-0.2, 0) is 13.0 Å². The van der Waals surface area contributed by atoms with Crippen molar-refractivity contribution in [2.45, 2.75) is 44.7 Å². The van der Waals surface area contributed by atoms with Crippen LogP contribution in [0.5, 0.6) is 0 Å². The molecule has 1 fully saturated rings. The third-order valence-corrected chi connectivity index (χ3v) is 7.41. The molecule has 1 aromatic carbocycles. The van der Waals surface area contributed by atoms with E-state index in [2.05, 4.69) is 40.2 Å². The number of benzene rings is 1. The minimum Gasteiger partial charge on any atom is -0.395 e. The molecule has 164 valence electrons. The van der Waals surface area contributed by atoms with Crippen LogP contribution in [0.3, 0.4) is 0 Å². The van der Waals surface area contributed by atoms with E-state index >= 15 is 0 Å². The molecule has 6 heteroatoms. The summed E-state index contributed by atoms with van der Waals surface area (Å²) in [4.78, 5) is 22.8. The van der Waals surface area contributed by atoms with E-state index < -0.39 is 0 Å². The van der Waals surface area contributed by atoms with Crippen LogP contribution in [0.2, 0.25) is 0 Å². The van der Waals surface area contributed by atoms with E-state index in [1.165, 1.54) is 24.6 Å². The van der Waals surface area contributed by atoms with E-state index in [1.807, 2.05) is 18.3 Å². The molecule has 3 aromatic rings. The van der Waals surface area contributed by atoms with Crippen LogP contribution in [0.4, 0.5) is 0 Å². The van der Waals surface area contributed by atoms with Gasteiger partial charge in [-0.25, -0.2) is 0 Å². The summed E-state index contributed by atoms with van der Waals surface area (Å²) in [6.07, 6.45) is 7.55. The number of fused-ring (bicyclic) bond motifs is 1. The van der Waals surface area contributed by atoms with Gasteiger partial charge >= 0.3 is 0 Å². The Kier molecular flexibility index (Phi) is 7.33. The number of aliphatic hydroxyl groups is 1. The Bertz CT molecular complexity index is 1000. The number of hydrogen-bond acceptors (Lipinski definition) is 5. The molecule has 0 radical (unpaired) electrons. The molecule has 0 aliphatic carbocycles. The Morgan fingerprint density at radius 2 is 2.03 bits per heavy atom. The molecule has 0 spiro atoms. The van der Waals surface area contributed by atoms with Crippen molar-refractivity contribution in [1.82, 2.24) is 14.8 Å². The number of aromatic nitrogens is 1. The summed E-state index contributed by atoms with van der Waals surface area (Å²) in [5.41, 5.74) is 2.26. The highest BCUT2D eigenvalue weighted by Gasteiger charge is 2.27. The van der Waals surface area contributed by atoms with Crippen molar-refractivity contribution >= 4 is 27.3 Å². The molecule has 5 nitrogen and oxygen atoms in total. The zero-order valence-electron chi connectivity index (χ0n) is 18.2. The fourth-order valence-electron chi connectivity index (χ4n) is 4.51. The SMILES string of the molecule is CN(CCO)C(=O)c1sc2ccccc2c1C[C@H]1CCCCCN1Cc1ccccn1. The van der Waals surface area contributed by atoms with Crippen molar-refractivity contribution in [1.29, 1.82) is 0 Å². The Hall–Kier alpha value is -2.28. The molecular weight excluding hydrogens is 406 g/mol. The maximum absolute atomic E-state index is 13.2. The van der Waals surface area contributed by atoms with Gasteiger partial charge in [0.15, 0.2) is 0 Å². The first-order chi connectivity index (χ1) is 15.2. The predicted molar refractivity (Wildman–Crippen MR) is 126 cm³/mol. The molecule has 1 aliphatic heterocycles. The number of rotatable bonds is 7. The number of likely N-dealkylation sites (tertiary alicyclic amines) is 1. The number of hydrogen-bond donors (Lipinski definition) is 1. The smallest absolute Gasteiger partial charge is 0.264 e. The Balaban J connectivity index is 1.66. The first-order valence-corrected chi connectivity index (χ1v) is 12.0. The fraction of sp³-hybridized carbons (Fsp3) is 0.440. The topological polar surface area (TPSA) is 56.7 Å². The van der Waals surface area contributed by atoms with Crippen LogP contribution < -0.4 is 0 Å². The van der Waals surface area contributed by atoms with E-state index in [1.54, 1.807) is 23.3 Å². The van der Waals surface area contributed by atoms with Crippen LogP contribution in [0.25, 0.3) is 10.1 Å². The quantitative estimate of drug-likeness (QED) is 0.597. The molecule has 3 heterocycles. The van der Waals surface area contributed by atoms with E-state index in [4.69, 9.17) is 0 Å². The second-order valence-corrected chi connectivity index (χ2v) is 9.41. The number of nitrogens with zero attached hydrogens (tertiary/aromatic N) is 3. The van der Waals surface area contributed by atoms with Gasteiger partial charge in [-0.1, -0.05) is 37.1 Å². The maximum Gasteiger partial charge on any atom is 0.264 e. The summed E-state index contributed by atoms with van der Waals surface area (Å²) in [6, 6.07) is 14.8. The standard InChI is InChI=1S/C25H31N3O2S/c1-27(15-16-29)25(30)24-22(21-11-4-5-12-23(21)31-24)17-20-10-3-2-8-14-28(20)18-19-9-6-7-13-26-19/h4-7,9,11-13,20,29H,2-3,8,10,14-18H2,1H3/t20-/m1/s1. The van der Waals surface area contributed by atoms with Gasteiger partial charge < -0.3 is 10.0 Å². The molecule has 0 unspecified atom stereocenters. The summed E-state index contributed by atoms with van der Waals surface area (Å²) >= 11 is 1.58. The van der Waals surface area contributed by atoms with Gasteiger partial charge in [0, 0.05) is 37.1 Å². The minimum atomic E-state index is -0.0249. The molecule has 1 saturated heterocycles. The normalized spacial score (nSPS) is 17.5. The molecule has 0 saturated carbocycles. The fourth-order valence-corrected chi connectivity index (χ4v) is 5.74. The van der Waals surface area contributed by atoms with Crippen LogP contribution in [0, 0.1) is 0 Å². The largest absolute Gasteiger partial charge is 0.395 e. The van der Waals surface area contributed by atoms with Crippen molar-refractivity contribution in [3.63, 3.8) is 0 Å². The third kappa shape index (κ3) is 5.14. The lowest BCUT2D eigenvalue weighted by atomic mass is 9.97. The first-order valence-electron chi connectivity index (χ1n) is 11.2. The average molecular weight is 438 g/mol. The molecular formula is C25H31N3O2S. The molecule has 31 heavy (non-hydrogen) atoms. The van der Waals surface area contributed by atoms with Crippen molar-refractivity contribution < 1.29 is 9.90 Å². The van der Waals surface area contributed by atoms with Crippen LogP contribution in [0.15, 0.2) is 48.7 Å². The molecule has 1 amide bonds. The number of carbonyl (C=O) groups excluding carboxylic acids is 1. The van der Waals surface area contributed by atoms with Crippen LogP contribution in [0.1, 0.15) is 46.6 Å². The van der Waals surface area contributed by atoms with E-state index in [9.17, 15) is 9.90 Å². The predicted octanol–water partition coefficient (Wildman–Crippen LogP) is 4.35. The second kappa shape index (κ2) is 10.4. The number of carbonyl (C=O) groups is 1. The van der Waals surface area contributed by atoms with Gasteiger partial charge in [-0.05, 0) is 55.0 Å². The number of amides is 1. The second-order valence-electron chi connectivity index (χ2n) is 8.36. The highest BCUT2D eigenvalue weighted by Crippen LogP contribution is 2.35. The van der Waals surface area contributed by atoms with Gasteiger partial charge in [-0.15, -0.1) is 11.3 Å². The van der Waals surface area contributed by atoms with E-state index in [-0.39, 0.29) is 12.5 Å². The summed E-state index contributed by atoms with van der Waals surface area (Å²) in [5.74, 6) is 0.00940. The summed E-state index contributed by atoms with van der Waals surface area (Å²) in [5, 5.41) is 10.5. The van der Waals surface area contributed by atoms with Gasteiger partial charge in [0.1, 0.15) is 0 Å². The Morgan fingerprint density at radius 3 is 2.84 bits per heavy atom. The molecule has 0 bridgehead atoms. The van der Waals surface area contributed by atoms with E-state index in [0.29, 0.717) is 12.6 Å². The molecule has 1 aliphatic rings.